The summed E-state index contributed by atoms with van der Waals surface area (Å²) < 4.78 is 0. The number of nitrogens with zero attached hydrogens (tertiary/aromatic N) is 3. The fourth-order valence-corrected chi connectivity index (χ4v) is 20.8. The van der Waals surface area contributed by atoms with Gasteiger partial charge in [-0.25, -0.2) is 0 Å². The number of likely N-dealkylation sites (tertiary alicyclic amines) is 2. The van der Waals surface area contributed by atoms with Gasteiger partial charge in [0.05, 0.1) is 0 Å². The van der Waals surface area contributed by atoms with Crippen LogP contribution in [0.2, 0.25) is 24.2 Å². The zero-order valence-corrected chi connectivity index (χ0v) is 41.8. The molecule has 0 bridgehead atoms. The molecule has 1 N–H and O–H groups in total. The van der Waals surface area contributed by atoms with Crippen molar-refractivity contribution in [1.29, 1.82) is 0 Å². The van der Waals surface area contributed by atoms with Gasteiger partial charge in [-0.1, -0.05) is 160 Å². The van der Waals surface area contributed by atoms with Crippen LogP contribution in [0.3, 0.4) is 0 Å². The molecule has 2 saturated heterocycles. The van der Waals surface area contributed by atoms with Gasteiger partial charge in [-0.15, -0.1) is 5.54 Å². The van der Waals surface area contributed by atoms with Gasteiger partial charge in [0, 0.05) is 36.3 Å². The first kappa shape index (κ1) is 50.3. The number of nitrogens with one attached hydrogen (secondary N) is 1. The predicted octanol–water partition coefficient (Wildman–Crippen LogP) is 11.2. The Morgan fingerprint density at radius 3 is 1.69 bits per heavy atom. The average Bonchev–Trinajstić information content (AvgIpc) is 3.97. The van der Waals surface area contributed by atoms with Crippen LogP contribution >= 0.6 is 0 Å². The van der Waals surface area contributed by atoms with Gasteiger partial charge in [0.25, 0.3) is 0 Å². The molecule has 2 heterocycles. The van der Waals surface area contributed by atoms with Gasteiger partial charge in [0.1, 0.15) is 0 Å². The van der Waals surface area contributed by atoms with Gasteiger partial charge >= 0.3 is 21.7 Å². The summed E-state index contributed by atoms with van der Waals surface area (Å²) in [7, 11) is -3.98. The molecule has 1 saturated carbocycles. The first-order valence-corrected chi connectivity index (χ1v) is 26.4. The van der Waals surface area contributed by atoms with Gasteiger partial charge in [-0.3, -0.25) is 4.90 Å². The van der Waals surface area contributed by atoms with Crippen LogP contribution in [0.15, 0.2) is 121 Å². The van der Waals surface area contributed by atoms with Crippen LogP contribution in [0.5, 0.6) is 0 Å². The van der Waals surface area contributed by atoms with Crippen LogP contribution in [0.1, 0.15) is 73.6 Å². The van der Waals surface area contributed by atoms with Crippen molar-refractivity contribution in [2.24, 2.45) is 23.7 Å². The fourth-order valence-electron chi connectivity index (χ4n) is 11.3. The quantitative estimate of drug-likeness (QED) is 0.212. The Balaban J connectivity index is 0.000000290. The molecule has 58 heavy (non-hydrogen) atoms. The topological polar surface area (TPSA) is 32.6 Å². The number of allylic oxidation sites excluding steroid dienone is 8. The summed E-state index contributed by atoms with van der Waals surface area (Å²) in [6.07, 6.45) is 28.4. The summed E-state index contributed by atoms with van der Waals surface area (Å²) in [6, 6.07) is 23.2. The zero-order valence-electron chi connectivity index (χ0n) is 38.2. The van der Waals surface area contributed by atoms with E-state index in [1.165, 1.54) is 68.7 Å². The molecule has 2 aromatic rings. The Labute approximate surface area is 374 Å². The summed E-state index contributed by atoms with van der Waals surface area (Å²) in [5, 5.41) is 3.03. The van der Waals surface area contributed by atoms with Crippen molar-refractivity contribution >= 4 is 26.8 Å². The summed E-state index contributed by atoms with van der Waals surface area (Å²) >= 11 is 0. The van der Waals surface area contributed by atoms with Gasteiger partial charge in [-0.2, -0.15) is 0 Å². The van der Waals surface area contributed by atoms with E-state index in [0.717, 1.165) is 0 Å². The van der Waals surface area contributed by atoms with E-state index in [1.807, 2.05) is 0 Å². The summed E-state index contributed by atoms with van der Waals surface area (Å²) in [5.41, 5.74) is 2.95. The van der Waals surface area contributed by atoms with E-state index >= 15 is 0 Å². The van der Waals surface area contributed by atoms with Crippen LogP contribution < -0.4 is 15.4 Å². The summed E-state index contributed by atoms with van der Waals surface area (Å²) in [5.74, 6) is 2.44. The second-order valence-electron chi connectivity index (χ2n) is 19.5. The molecule has 0 radical (unpaired) electrons. The normalized spacial score (nSPS) is 29.2. The van der Waals surface area contributed by atoms with Gasteiger partial charge in [-0.05, 0) is 103 Å². The minimum absolute atomic E-state index is 0. The number of hydrogen-bond donors (Lipinski definition) is 1. The molecule has 2 aliphatic heterocycles. The van der Waals surface area contributed by atoms with Crippen LogP contribution in [0, 0.1) is 46.0 Å². The molecule has 6 aliphatic rings. The van der Waals surface area contributed by atoms with Crippen molar-refractivity contribution < 1.29 is 21.7 Å². The van der Waals surface area contributed by atoms with Gasteiger partial charge in [0.15, 0.2) is 8.24 Å². The smallest absolute Gasteiger partial charge is 0.656 e. The molecule has 4 nitrogen and oxygen atoms in total. The maximum atomic E-state index is 5.61. The molecule has 8 rings (SSSR count). The van der Waals surface area contributed by atoms with E-state index in [1.54, 1.807) is 5.70 Å². The molecule has 0 amide bonds. The minimum Gasteiger partial charge on any atom is -0.656 e. The van der Waals surface area contributed by atoms with E-state index in [4.69, 9.17) is 4.98 Å². The van der Waals surface area contributed by atoms with Crippen molar-refractivity contribution in [3.63, 3.8) is 0 Å². The van der Waals surface area contributed by atoms with E-state index in [2.05, 4.69) is 185 Å². The number of benzene rings is 2. The maximum absolute atomic E-state index is 5.61. The predicted molar refractivity (Wildman–Crippen MR) is 257 cm³/mol. The average molecular weight is 851 g/mol. The molecule has 4 aliphatic carbocycles. The third-order valence-electron chi connectivity index (χ3n) is 13.3. The van der Waals surface area contributed by atoms with Crippen LogP contribution in [0.25, 0.3) is 4.98 Å². The number of fused-ring (bicyclic) bond motifs is 2. The zero-order chi connectivity index (χ0) is 38.1. The first-order valence-electron chi connectivity index (χ1n) is 21.3. The monoisotopic (exact) mass is 851 g/mol. The Kier molecular flexibility index (Phi) is 18.0. The SMILES string of the molecule is CC(C)(C)N[Si](C)(c1ccccc1)C1C=C(N2CCCC2)C2C=CC=CC21.CC(C)(C)[N-][Si](C)(c1ccccc1)C1CC(N2CCCC2)C2C=CC=CC21.[CH3-].[CH3-].[CH3-].[Ti+4]. The minimum atomic E-state index is -2.02. The van der Waals surface area contributed by atoms with Crippen molar-refractivity contribution in [3.05, 3.63) is 148 Å². The Bertz CT molecular complexity index is 1710. The van der Waals surface area contributed by atoms with Crippen molar-refractivity contribution in [1.82, 2.24) is 14.8 Å². The summed E-state index contributed by atoms with van der Waals surface area (Å²) in [6.45, 7) is 23.9. The summed E-state index contributed by atoms with van der Waals surface area (Å²) in [4.78, 5) is 15.2. The maximum Gasteiger partial charge on any atom is 4.00 e. The Morgan fingerprint density at radius 1 is 0.638 bits per heavy atom. The van der Waals surface area contributed by atoms with E-state index in [-0.39, 0.29) is 55.1 Å². The first-order chi connectivity index (χ1) is 25.8. The van der Waals surface area contributed by atoms with Crippen molar-refractivity contribution in [3.8, 4) is 0 Å². The molecule has 7 heteroatoms. The second kappa shape index (κ2) is 20.7. The van der Waals surface area contributed by atoms with E-state index in [0.29, 0.717) is 40.8 Å². The van der Waals surface area contributed by atoms with Crippen LogP contribution in [-0.2, 0) is 21.7 Å². The number of hydrogen-bond acceptors (Lipinski definition) is 3. The van der Waals surface area contributed by atoms with Crippen LogP contribution in [-0.4, -0.2) is 69.6 Å². The van der Waals surface area contributed by atoms with Crippen LogP contribution in [0.4, 0.5) is 0 Å². The Morgan fingerprint density at radius 2 is 1.14 bits per heavy atom. The molecule has 0 spiro atoms. The number of rotatable bonds is 8. The van der Waals surface area contributed by atoms with E-state index in [9.17, 15) is 0 Å². The standard InChI is InChI=1S/C24H35N2Si.C24H34N2Si.3CH3.Ti/c2*1-24(2,3)25-27(4,19-12-6-5-7-13-19)23-18-22(26-16-10-11-17-26)20-14-8-9-15-21(20)23;;;;/h5-9,12-15,20-23H,10-11,16-18H2,1-4H3;5-9,12-15,18,20-21,23,25H,10-11,16-17H2,1-4H3;3*1H3;/q-1;;3*-1;+4. The largest absolute Gasteiger partial charge is 4.00 e. The molecule has 314 valence electrons. The van der Waals surface area contributed by atoms with Crippen molar-refractivity contribution in [2.75, 3.05) is 26.2 Å². The molecule has 2 aromatic carbocycles. The molecular weight excluding hydrogens is 773 g/mol. The third kappa shape index (κ3) is 10.9. The van der Waals surface area contributed by atoms with Gasteiger partial charge in [0.2, 0.25) is 0 Å². The molecule has 9 unspecified atom stereocenters. The fraction of sp³-hybridized carbons (Fsp3) is 0.510. The van der Waals surface area contributed by atoms with E-state index < -0.39 is 16.5 Å². The molecule has 9 atom stereocenters. The molecule has 3 fully saturated rings. The Hall–Kier alpha value is -2.03. The van der Waals surface area contributed by atoms with Gasteiger partial charge < -0.3 is 37.1 Å². The molecule has 0 aromatic heterocycles. The van der Waals surface area contributed by atoms with Crippen molar-refractivity contribution in [2.45, 2.75) is 115 Å². The second-order valence-corrected chi connectivity index (χ2v) is 27.2. The molecular formula is C51H78N4Si2Ti. The third-order valence-corrected chi connectivity index (χ3v) is 22.7.